The lowest BCUT2D eigenvalue weighted by molar-refractivity contribution is -0.197. The first-order chi connectivity index (χ1) is 6.65. The van der Waals surface area contributed by atoms with Crippen LogP contribution in [0.25, 0.3) is 0 Å². The number of carbonyl (C=O) groups is 1. The maximum atomic E-state index is 11.0. The highest BCUT2D eigenvalue weighted by molar-refractivity contribution is 6.30. The number of hydrogen-bond donors (Lipinski definition) is 1. The highest BCUT2D eigenvalue weighted by Crippen LogP contribution is 2.37. The Hall–Kier alpha value is -1.06. The molecule has 1 aliphatic rings. The van der Waals surface area contributed by atoms with Gasteiger partial charge in [0.15, 0.2) is 5.60 Å². The van der Waals surface area contributed by atoms with Crippen molar-refractivity contribution in [3.05, 3.63) is 34.9 Å². The van der Waals surface area contributed by atoms with E-state index in [-0.39, 0.29) is 0 Å². The molecule has 0 spiro atoms. The average molecular weight is 213 g/mol. The molecule has 0 saturated carbocycles. The van der Waals surface area contributed by atoms with Gasteiger partial charge in [0.25, 0.3) is 0 Å². The molecule has 0 aliphatic carbocycles. The van der Waals surface area contributed by atoms with Crippen LogP contribution in [0.3, 0.4) is 0 Å². The molecule has 3 nitrogen and oxygen atoms in total. The molecule has 1 unspecified atom stereocenters. The zero-order valence-corrected chi connectivity index (χ0v) is 8.12. The summed E-state index contributed by atoms with van der Waals surface area (Å²) in [5.41, 5.74) is -0.481. The quantitative estimate of drug-likeness (QED) is 0.816. The van der Waals surface area contributed by atoms with Crippen molar-refractivity contribution in [3.8, 4) is 0 Å². The van der Waals surface area contributed by atoms with Gasteiger partial charge in [0.1, 0.15) is 0 Å². The lowest BCUT2D eigenvalue weighted by Gasteiger charge is -2.38. The fourth-order valence-corrected chi connectivity index (χ4v) is 1.67. The Bertz CT molecular complexity index is 354. The molecular weight excluding hydrogens is 204 g/mol. The largest absolute Gasteiger partial charge is 0.479 e. The maximum Gasteiger partial charge on any atom is 0.340 e. The molecule has 0 bridgehead atoms. The minimum atomic E-state index is -1.13. The monoisotopic (exact) mass is 212 g/mol. The Labute approximate surface area is 86.3 Å². The smallest absolute Gasteiger partial charge is 0.340 e. The highest BCUT2D eigenvalue weighted by atomic mass is 35.5. The number of hydrogen-bond acceptors (Lipinski definition) is 2. The molecule has 0 radical (unpaired) electrons. The van der Waals surface area contributed by atoms with E-state index < -0.39 is 11.6 Å². The molecule has 4 heteroatoms. The molecule has 1 aromatic carbocycles. The summed E-state index contributed by atoms with van der Waals surface area (Å²) in [6.07, 6.45) is 0.518. The SMILES string of the molecule is O=C(O)C1(c2ccc(Cl)cc2)CCO1. The van der Waals surface area contributed by atoms with Crippen molar-refractivity contribution in [1.82, 2.24) is 0 Å². The number of carboxylic acids is 1. The van der Waals surface area contributed by atoms with Crippen molar-refractivity contribution >= 4 is 17.6 Å². The van der Waals surface area contributed by atoms with E-state index >= 15 is 0 Å². The van der Waals surface area contributed by atoms with Gasteiger partial charge in [0, 0.05) is 11.4 Å². The number of halogens is 1. The minimum absolute atomic E-state index is 0.495. The molecule has 0 aromatic heterocycles. The Morgan fingerprint density at radius 1 is 1.43 bits per heavy atom. The predicted molar refractivity (Wildman–Crippen MR) is 51.3 cm³/mol. The second kappa shape index (κ2) is 3.26. The lowest BCUT2D eigenvalue weighted by Crippen LogP contribution is -2.47. The molecule has 1 aliphatic heterocycles. The van der Waals surface area contributed by atoms with E-state index in [2.05, 4.69) is 0 Å². The first kappa shape index (κ1) is 9.49. The van der Waals surface area contributed by atoms with Crippen LogP contribution < -0.4 is 0 Å². The molecule has 1 N–H and O–H groups in total. The Morgan fingerprint density at radius 2 is 2.00 bits per heavy atom. The standard InChI is InChI=1S/C10H9ClO3/c11-8-3-1-7(2-4-8)10(9(12)13)5-6-14-10/h1-4H,5-6H2,(H,12,13). The summed E-state index contributed by atoms with van der Waals surface area (Å²) < 4.78 is 5.16. The molecule has 1 aromatic rings. The zero-order chi connectivity index (χ0) is 10.2. The fourth-order valence-electron chi connectivity index (χ4n) is 1.55. The molecule has 1 heterocycles. The summed E-state index contributed by atoms with van der Waals surface area (Å²) in [7, 11) is 0. The van der Waals surface area contributed by atoms with Gasteiger partial charge in [0.05, 0.1) is 6.61 Å². The van der Waals surface area contributed by atoms with Crippen LogP contribution in [0.4, 0.5) is 0 Å². The van der Waals surface area contributed by atoms with Crippen molar-refractivity contribution in [2.75, 3.05) is 6.61 Å². The number of aliphatic carboxylic acids is 1. The summed E-state index contributed by atoms with van der Waals surface area (Å²) in [6.45, 7) is 0.495. The Kier molecular flexibility index (Phi) is 2.21. The lowest BCUT2D eigenvalue weighted by atomic mass is 9.87. The van der Waals surface area contributed by atoms with Gasteiger partial charge in [-0.05, 0) is 17.7 Å². The molecule has 1 atom stereocenters. The average Bonchev–Trinajstić information content (AvgIpc) is 2.05. The van der Waals surface area contributed by atoms with Gasteiger partial charge in [-0.2, -0.15) is 0 Å². The van der Waals surface area contributed by atoms with E-state index in [1.807, 2.05) is 0 Å². The van der Waals surface area contributed by atoms with E-state index in [9.17, 15) is 4.79 Å². The third-order valence-electron chi connectivity index (χ3n) is 2.46. The van der Waals surface area contributed by atoms with Crippen LogP contribution in [0.2, 0.25) is 5.02 Å². The van der Waals surface area contributed by atoms with Crippen molar-refractivity contribution in [1.29, 1.82) is 0 Å². The number of rotatable bonds is 2. The van der Waals surface area contributed by atoms with Crippen molar-refractivity contribution < 1.29 is 14.6 Å². The van der Waals surface area contributed by atoms with E-state index in [0.29, 0.717) is 23.6 Å². The molecule has 74 valence electrons. The molecule has 14 heavy (non-hydrogen) atoms. The third kappa shape index (κ3) is 1.29. The van der Waals surface area contributed by atoms with Crippen molar-refractivity contribution in [2.45, 2.75) is 12.0 Å². The number of benzene rings is 1. The normalized spacial score (nSPS) is 25.5. The van der Waals surface area contributed by atoms with Gasteiger partial charge >= 0.3 is 5.97 Å². The van der Waals surface area contributed by atoms with E-state index in [0.717, 1.165) is 0 Å². The molecule has 1 fully saturated rings. The number of carboxylic acid groups (broad SMARTS) is 1. The molecular formula is C10H9ClO3. The highest BCUT2D eigenvalue weighted by Gasteiger charge is 2.47. The van der Waals surface area contributed by atoms with E-state index in [1.165, 1.54) is 0 Å². The first-order valence-electron chi connectivity index (χ1n) is 4.28. The maximum absolute atomic E-state index is 11.0. The van der Waals surface area contributed by atoms with E-state index in [1.54, 1.807) is 24.3 Å². The van der Waals surface area contributed by atoms with Gasteiger partial charge in [-0.15, -0.1) is 0 Å². The van der Waals surface area contributed by atoms with Gasteiger partial charge in [-0.1, -0.05) is 23.7 Å². The van der Waals surface area contributed by atoms with Crippen LogP contribution in [-0.2, 0) is 15.1 Å². The van der Waals surface area contributed by atoms with Gasteiger partial charge in [-0.25, -0.2) is 4.79 Å². The summed E-state index contributed by atoms with van der Waals surface area (Å²) in [5, 5.41) is 9.64. The fraction of sp³-hybridized carbons (Fsp3) is 0.300. The van der Waals surface area contributed by atoms with Crippen LogP contribution in [0.1, 0.15) is 12.0 Å². The first-order valence-corrected chi connectivity index (χ1v) is 4.66. The second-order valence-electron chi connectivity index (χ2n) is 3.24. The van der Waals surface area contributed by atoms with Crippen LogP contribution >= 0.6 is 11.6 Å². The van der Waals surface area contributed by atoms with Gasteiger partial charge in [0.2, 0.25) is 0 Å². The van der Waals surface area contributed by atoms with Gasteiger partial charge in [-0.3, -0.25) is 0 Å². The predicted octanol–water partition coefficient (Wildman–Crippen LogP) is 2.04. The number of ether oxygens (including phenoxy) is 1. The molecule has 2 rings (SSSR count). The summed E-state index contributed by atoms with van der Waals surface area (Å²) >= 11 is 5.71. The minimum Gasteiger partial charge on any atom is -0.479 e. The van der Waals surface area contributed by atoms with Crippen LogP contribution in [-0.4, -0.2) is 17.7 Å². The van der Waals surface area contributed by atoms with Crippen LogP contribution in [0, 0.1) is 0 Å². The van der Waals surface area contributed by atoms with Crippen molar-refractivity contribution in [2.24, 2.45) is 0 Å². The summed E-state index contributed by atoms with van der Waals surface area (Å²) in [6, 6.07) is 6.72. The van der Waals surface area contributed by atoms with Gasteiger partial charge < -0.3 is 9.84 Å². The van der Waals surface area contributed by atoms with Crippen LogP contribution in [0.5, 0.6) is 0 Å². The van der Waals surface area contributed by atoms with Crippen molar-refractivity contribution in [3.63, 3.8) is 0 Å². The summed E-state index contributed by atoms with van der Waals surface area (Å²) in [4.78, 5) is 11.0. The Morgan fingerprint density at radius 3 is 2.36 bits per heavy atom. The second-order valence-corrected chi connectivity index (χ2v) is 3.67. The zero-order valence-electron chi connectivity index (χ0n) is 7.37. The molecule has 0 amide bonds. The van der Waals surface area contributed by atoms with E-state index in [4.69, 9.17) is 21.4 Å². The van der Waals surface area contributed by atoms with Crippen LogP contribution in [0.15, 0.2) is 24.3 Å². The topological polar surface area (TPSA) is 46.5 Å². The summed E-state index contributed by atoms with van der Waals surface area (Å²) in [5.74, 6) is -0.939. The Balaban J connectivity index is 2.37. The molecule has 1 saturated heterocycles. The third-order valence-corrected chi connectivity index (χ3v) is 2.71.